The van der Waals surface area contributed by atoms with Crippen LogP contribution in [0.15, 0.2) is 0 Å². The summed E-state index contributed by atoms with van der Waals surface area (Å²) in [6.45, 7) is 6.54. The predicted octanol–water partition coefficient (Wildman–Crippen LogP) is 1.42. The van der Waals surface area contributed by atoms with Gasteiger partial charge in [0.25, 0.3) is 0 Å². The van der Waals surface area contributed by atoms with Crippen molar-refractivity contribution < 1.29 is 8.42 Å². The molecular weight excluding hydrogens is 260 g/mol. The minimum atomic E-state index is -2.79. The average Bonchev–Trinajstić information content (AvgIpc) is 2.33. The van der Waals surface area contributed by atoms with Gasteiger partial charge in [-0.1, -0.05) is 6.92 Å². The fraction of sp³-hybridized carbons (Fsp3) is 1.00. The standard InChI is InChI=1S/C14H28N2O2S/c1-3-13-7-9-16(8-6-12(2)15-13)14-5-4-10-19(17,18)11-14/h12-15H,3-11H2,1-2H3. The van der Waals surface area contributed by atoms with Crippen molar-refractivity contribution in [1.82, 2.24) is 10.2 Å². The van der Waals surface area contributed by atoms with Gasteiger partial charge in [-0.2, -0.15) is 0 Å². The van der Waals surface area contributed by atoms with Gasteiger partial charge in [0.05, 0.1) is 11.5 Å². The fourth-order valence-electron chi connectivity index (χ4n) is 3.34. The van der Waals surface area contributed by atoms with E-state index in [9.17, 15) is 8.42 Å². The van der Waals surface area contributed by atoms with Gasteiger partial charge in [-0.15, -0.1) is 0 Å². The molecule has 2 heterocycles. The summed E-state index contributed by atoms with van der Waals surface area (Å²) in [6, 6.07) is 1.38. The molecule has 1 N–H and O–H groups in total. The van der Waals surface area contributed by atoms with Crippen LogP contribution < -0.4 is 5.32 Å². The normalized spacial score (nSPS) is 37.5. The Labute approximate surface area is 117 Å². The van der Waals surface area contributed by atoms with Gasteiger partial charge in [0, 0.05) is 18.1 Å². The second-order valence-electron chi connectivity index (χ2n) is 6.20. The third-order valence-electron chi connectivity index (χ3n) is 4.58. The number of rotatable bonds is 2. The SMILES string of the molecule is CCC1CCN(C2CCCS(=O)(=O)C2)CCC(C)N1. The molecule has 2 rings (SSSR count). The minimum absolute atomic E-state index is 0.265. The van der Waals surface area contributed by atoms with Crippen molar-refractivity contribution >= 4 is 9.84 Å². The lowest BCUT2D eigenvalue weighted by Crippen LogP contribution is -2.50. The molecule has 2 saturated heterocycles. The first-order valence-corrected chi connectivity index (χ1v) is 9.53. The van der Waals surface area contributed by atoms with E-state index in [-0.39, 0.29) is 6.04 Å². The first kappa shape index (κ1) is 15.3. The molecule has 112 valence electrons. The Morgan fingerprint density at radius 2 is 1.95 bits per heavy atom. The summed E-state index contributed by atoms with van der Waals surface area (Å²) in [5.41, 5.74) is 0. The largest absolute Gasteiger partial charge is 0.311 e. The molecule has 0 aromatic rings. The van der Waals surface area contributed by atoms with Crippen LogP contribution in [0.1, 0.15) is 46.0 Å². The average molecular weight is 288 g/mol. The first-order valence-electron chi connectivity index (χ1n) is 7.70. The molecule has 2 aliphatic rings. The lowest BCUT2D eigenvalue weighted by atomic mass is 10.0. The summed E-state index contributed by atoms with van der Waals surface area (Å²) in [4.78, 5) is 2.44. The van der Waals surface area contributed by atoms with Gasteiger partial charge in [-0.3, -0.25) is 4.90 Å². The highest BCUT2D eigenvalue weighted by molar-refractivity contribution is 7.91. The first-order chi connectivity index (χ1) is 9.00. The van der Waals surface area contributed by atoms with Gasteiger partial charge in [-0.25, -0.2) is 8.42 Å². The number of sulfone groups is 1. The van der Waals surface area contributed by atoms with Crippen molar-refractivity contribution in [2.24, 2.45) is 0 Å². The zero-order chi connectivity index (χ0) is 13.9. The molecule has 2 fully saturated rings. The van der Waals surface area contributed by atoms with Gasteiger partial charge < -0.3 is 5.32 Å². The zero-order valence-electron chi connectivity index (χ0n) is 12.3. The van der Waals surface area contributed by atoms with E-state index in [1.165, 1.54) is 0 Å². The Balaban J connectivity index is 1.98. The number of hydrogen-bond donors (Lipinski definition) is 1. The highest BCUT2D eigenvalue weighted by Gasteiger charge is 2.30. The molecule has 0 amide bonds. The summed E-state index contributed by atoms with van der Waals surface area (Å²) in [6.07, 6.45) is 5.30. The Morgan fingerprint density at radius 1 is 1.21 bits per heavy atom. The molecule has 0 aromatic heterocycles. The highest BCUT2D eigenvalue weighted by atomic mass is 32.2. The topological polar surface area (TPSA) is 49.4 Å². The van der Waals surface area contributed by atoms with E-state index >= 15 is 0 Å². The molecule has 4 nitrogen and oxygen atoms in total. The highest BCUT2D eigenvalue weighted by Crippen LogP contribution is 2.20. The molecule has 0 spiro atoms. The number of nitrogens with zero attached hydrogens (tertiary/aromatic N) is 1. The number of nitrogens with one attached hydrogen (secondary N) is 1. The van der Waals surface area contributed by atoms with Crippen LogP contribution in [0.3, 0.4) is 0 Å². The minimum Gasteiger partial charge on any atom is -0.311 e. The molecule has 19 heavy (non-hydrogen) atoms. The molecule has 3 unspecified atom stereocenters. The van der Waals surface area contributed by atoms with Gasteiger partial charge in [-0.05, 0) is 52.1 Å². The third-order valence-corrected chi connectivity index (χ3v) is 6.39. The maximum absolute atomic E-state index is 11.8. The van der Waals surface area contributed by atoms with Crippen molar-refractivity contribution in [3.63, 3.8) is 0 Å². The summed E-state index contributed by atoms with van der Waals surface area (Å²) in [7, 11) is -2.79. The molecule has 0 bridgehead atoms. The quantitative estimate of drug-likeness (QED) is 0.835. The van der Waals surface area contributed by atoms with E-state index in [0.29, 0.717) is 23.6 Å². The van der Waals surface area contributed by atoms with Crippen LogP contribution >= 0.6 is 0 Å². The van der Waals surface area contributed by atoms with E-state index < -0.39 is 9.84 Å². The van der Waals surface area contributed by atoms with Crippen molar-refractivity contribution in [3.8, 4) is 0 Å². The summed E-state index contributed by atoms with van der Waals surface area (Å²) in [5, 5.41) is 3.66. The third kappa shape index (κ3) is 4.43. The Morgan fingerprint density at radius 3 is 2.63 bits per heavy atom. The van der Waals surface area contributed by atoms with Crippen LogP contribution in [-0.2, 0) is 9.84 Å². The van der Waals surface area contributed by atoms with E-state index in [0.717, 1.165) is 45.2 Å². The van der Waals surface area contributed by atoms with Crippen molar-refractivity contribution in [3.05, 3.63) is 0 Å². The van der Waals surface area contributed by atoms with E-state index in [2.05, 4.69) is 24.1 Å². The van der Waals surface area contributed by atoms with Gasteiger partial charge in [0.1, 0.15) is 0 Å². The van der Waals surface area contributed by atoms with Gasteiger partial charge in [0.2, 0.25) is 0 Å². The van der Waals surface area contributed by atoms with E-state index in [4.69, 9.17) is 0 Å². The molecule has 2 aliphatic heterocycles. The number of hydrogen-bond acceptors (Lipinski definition) is 4. The predicted molar refractivity (Wildman–Crippen MR) is 79.2 cm³/mol. The summed E-state index contributed by atoms with van der Waals surface area (Å²) < 4.78 is 23.6. The molecule has 0 aromatic carbocycles. The molecular formula is C14H28N2O2S. The van der Waals surface area contributed by atoms with Crippen LogP contribution in [0.2, 0.25) is 0 Å². The van der Waals surface area contributed by atoms with E-state index in [1.807, 2.05) is 0 Å². The Bertz CT molecular complexity index is 383. The van der Waals surface area contributed by atoms with Crippen molar-refractivity contribution in [2.75, 3.05) is 24.6 Å². The maximum atomic E-state index is 11.8. The lowest BCUT2D eigenvalue weighted by molar-refractivity contribution is 0.159. The lowest BCUT2D eigenvalue weighted by Gasteiger charge is -2.38. The van der Waals surface area contributed by atoms with Crippen LogP contribution in [0, 0.1) is 0 Å². The second kappa shape index (κ2) is 6.55. The van der Waals surface area contributed by atoms with Gasteiger partial charge in [0.15, 0.2) is 9.84 Å². The molecule has 0 aliphatic carbocycles. The summed E-state index contributed by atoms with van der Waals surface area (Å²) in [5.74, 6) is 0.776. The molecule has 0 radical (unpaired) electrons. The smallest absolute Gasteiger partial charge is 0.151 e. The van der Waals surface area contributed by atoms with Gasteiger partial charge >= 0.3 is 0 Å². The monoisotopic (exact) mass is 288 g/mol. The molecule has 3 atom stereocenters. The van der Waals surface area contributed by atoms with Crippen molar-refractivity contribution in [1.29, 1.82) is 0 Å². The van der Waals surface area contributed by atoms with Crippen LogP contribution in [0.5, 0.6) is 0 Å². The molecule has 5 heteroatoms. The van der Waals surface area contributed by atoms with Crippen LogP contribution in [-0.4, -0.2) is 56.0 Å². The van der Waals surface area contributed by atoms with Crippen LogP contribution in [0.25, 0.3) is 0 Å². The zero-order valence-corrected chi connectivity index (χ0v) is 13.1. The second-order valence-corrected chi connectivity index (χ2v) is 8.43. The van der Waals surface area contributed by atoms with Crippen LogP contribution in [0.4, 0.5) is 0 Å². The summed E-state index contributed by atoms with van der Waals surface area (Å²) >= 11 is 0. The van der Waals surface area contributed by atoms with Crippen molar-refractivity contribution in [2.45, 2.75) is 64.1 Å². The maximum Gasteiger partial charge on any atom is 0.151 e. The Hall–Kier alpha value is -0.130. The Kier molecular flexibility index (Phi) is 5.26. The van der Waals surface area contributed by atoms with E-state index in [1.54, 1.807) is 0 Å². The fourth-order valence-corrected chi connectivity index (χ4v) is 5.07. The molecule has 0 saturated carbocycles.